The molecule has 0 spiro atoms. The molecule has 1 aliphatic heterocycles. The number of aromatic nitrogens is 3. The predicted octanol–water partition coefficient (Wildman–Crippen LogP) is 2.52. The molecule has 0 bridgehead atoms. The number of benzene rings is 1. The van der Waals surface area contributed by atoms with Gasteiger partial charge in [-0.05, 0) is 18.2 Å². The van der Waals surface area contributed by atoms with Gasteiger partial charge in [0.05, 0.1) is 31.1 Å². The molecule has 0 radical (unpaired) electrons. The zero-order valence-corrected chi connectivity index (χ0v) is 14.8. The Kier molecular flexibility index (Phi) is 4.06. The third kappa shape index (κ3) is 3.05. The van der Waals surface area contributed by atoms with Gasteiger partial charge in [-0.3, -0.25) is 10.1 Å². The fourth-order valence-corrected chi connectivity index (χ4v) is 4.19. The Morgan fingerprint density at radius 1 is 1.28 bits per heavy atom. The van der Waals surface area contributed by atoms with Crippen LogP contribution < -0.4 is 5.32 Å². The van der Waals surface area contributed by atoms with Crippen LogP contribution in [-0.4, -0.2) is 44.3 Å². The van der Waals surface area contributed by atoms with Gasteiger partial charge in [-0.25, -0.2) is 9.78 Å². The first-order valence-electron chi connectivity index (χ1n) is 7.49. The van der Waals surface area contributed by atoms with Gasteiger partial charge in [-0.15, -0.1) is 0 Å². The van der Waals surface area contributed by atoms with E-state index in [1.54, 1.807) is 17.0 Å². The van der Waals surface area contributed by atoms with E-state index in [1.807, 2.05) is 6.07 Å². The van der Waals surface area contributed by atoms with Crippen LogP contribution in [0.2, 0.25) is 0 Å². The minimum atomic E-state index is -0.552. The highest BCUT2D eigenvalue weighted by molar-refractivity contribution is 7.15. The van der Waals surface area contributed by atoms with E-state index >= 15 is 0 Å². The molecule has 2 aromatic heterocycles. The lowest BCUT2D eigenvalue weighted by molar-refractivity contribution is 0.0736. The summed E-state index contributed by atoms with van der Waals surface area (Å²) in [6, 6.07) is 5.36. The molecule has 1 N–H and O–H groups in total. The Hall–Kier alpha value is -2.59. The number of fused-ring (bicyclic) bond motifs is 2. The van der Waals surface area contributed by atoms with E-state index in [9.17, 15) is 9.59 Å². The molecule has 3 aromatic rings. The number of carbonyl (C=O) groups excluding carboxylic acids is 2. The van der Waals surface area contributed by atoms with Gasteiger partial charge < -0.3 is 9.64 Å². The van der Waals surface area contributed by atoms with Crippen molar-refractivity contribution in [1.82, 2.24) is 18.6 Å². The van der Waals surface area contributed by atoms with Crippen LogP contribution in [0.1, 0.15) is 20.9 Å². The average Bonchev–Trinajstić information content (AvgIpc) is 3.25. The lowest BCUT2D eigenvalue weighted by atomic mass is 10.1. The lowest BCUT2D eigenvalue weighted by Crippen LogP contribution is -2.35. The maximum Gasteiger partial charge on any atom is 0.413 e. The van der Waals surface area contributed by atoms with Gasteiger partial charge in [-0.1, -0.05) is 11.3 Å². The van der Waals surface area contributed by atoms with Crippen LogP contribution in [0.25, 0.3) is 11.0 Å². The highest BCUT2D eigenvalue weighted by Crippen LogP contribution is 2.29. The van der Waals surface area contributed by atoms with Crippen LogP contribution in [0, 0.1) is 0 Å². The summed E-state index contributed by atoms with van der Waals surface area (Å²) in [7, 11) is 1.30. The summed E-state index contributed by atoms with van der Waals surface area (Å²) < 4.78 is 12.9. The summed E-state index contributed by atoms with van der Waals surface area (Å²) in [6.45, 7) is 1.06. The minimum absolute atomic E-state index is 0.0450. The van der Waals surface area contributed by atoms with Gasteiger partial charge in [0, 0.05) is 23.4 Å². The fraction of sp³-hybridized carbons (Fsp3) is 0.267. The summed E-state index contributed by atoms with van der Waals surface area (Å²) in [5.74, 6) is -0.0450. The molecule has 8 nitrogen and oxygen atoms in total. The summed E-state index contributed by atoms with van der Waals surface area (Å²) in [5, 5.41) is 3.06. The van der Waals surface area contributed by atoms with Gasteiger partial charge in [0.15, 0.2) is 5.13 Å². The van der Waals surface area contributed by atoms with E-state index in [0.717, 1.165) is 33.3 Å². The van der Waals surface area contributed by atoms with Crippen molar-refractivity contribution in [2.24, 2.45) is 0 Å². The van der Waals surface area contributed by atoms with Gasteiger partial charge in [0.1, 0.15) is 11.0 Å². The second-order valence-corrected chi connectivity index (χ2v) is 7.06. The van der Waals surface area contributed by atoms with E-state index in [0.29, 0.717) is 30.2 Å². The van der Waals surface area contributed by atoms with Crippen LogP contribution >= 0.6 is 23.1 Å². The van der Waals surface area contributed by atoms with Crippen molar-refractivity contribution in [2.45, 2.75) is 13.0 Å². The maximum atomic E-state index is 12.8. The molecule has 0 fully saturated rings. The van der Waals surface area contributed by atoms with E-state index in [4.69, 9.17) is 0 Å². The smallest absolute Gasteiger partial charge is 0.413 e. The molecule has 0 saturated heterocycles. The van der Waals surface area contributed by atoms with Crippen LogP contribution in [0.3, 0.4) is 0 Å². The monoisotopic (exact) mass is 375 g/mol. The Morgan fingerprint density at radius 3 is 2.96 bits per heavy atom. The normalized spacial score (nSPS) is 13.6. The summed E-state index contributed by atoms with van der Waals surface area (Å²) >= 11 is 2.49. The summed E-state index contributed by atoms with van der Waals surface area (Å²) in [4.78, 5) is 31.2. The van der Waals surface area contributed by atoms with Gasteiger partial charge >= 0.3 is 6.09 Å². The highest BCUT2D eigenvalue weighted by atomic mass is 32.1. The van der Waals surface area contributed by atoms with Crippen molar-refractivity contribution >= 4 is 51.2 Å². The maximum absolute atomic E-state index is 12.8. The first-order valence-corrected chi connectivity index (χ1v) is 9.04. The number of nitrogens with zero attached hydrogens (tertiary/aromatic N) is 4. The Balaban J connectivity index is 1.53. The third-order valence-electron chi connectivity index (χ3n) is 3.91. The molecular formula is C15H13N5O3S2. The fourth-order valence-electron chi connectivity index (χ4n) is 2.66. The Morgan fingerprint density at radius 2 is 2.12 bits per heavy atom. The van der Waals surface area contributed by atoms with Crippen molar-refractivity contribution in [3.05, 3.63) is 34.3 Å². The van der Waals surface area contributed by atoms with Crippen molar-refractivity contribution in [3.63, 3.8) is 0 Å². The number of hydrogen-bond acceptors (Lipinski definition) is 8. The summed E-state index contributed by atoms with van der Waals surface area (Å²) in [6.07, 6.45) is 0.102. The largest absolute Gasteiger partial charge is 0.453 e. The van der Waals surface area contributed by atoms with E-state index in [2.05, 4.69) is 23.8 Å². The molecule has 128 valence electrons. The van der Waals surface area contributed by atoms with Crippen molar-refractivity contribution in [3.8, 4) is 0 Å². The number of carbonyl (C=O) groups is 2. The quantitative estimate of drug-likeness (QED) is 0.739. The van der Waals surface area contributed by atoms with Gasteiger partial charge in [0.25, 0.3) is 5.91 Å². The molecule has 0 saturated carbocycles. The first-order chi connectivity index (χ1) is 12.1. The van der Waals surface area contributed by atoms with Gasteiger partial charge in [-0.2, -0.15) is 8.75 Å². The average molecular weight is 375 g/mol. The number of anilines is 1. The van der Waals surface area contributed by atoms with Gasteiger partial charge in [0.2, 0.25) is 0 Å². The van der Waals surface area contributed by atoms with Crippen molar-refractivity contribution in [2.75, 3.05) is 19.0 Å². The molecule has 0 atom stereocenters. The topological polar surface area (TPSA) is 97.3 Å². The van der Waals surface area contributed by atoms with Crippen LogP contribution in [0.15, 0.2) is 18.2 Å². The molecule has 0 unspecified atom stereocenters. The molecule has 25 heavy (non-hydrogen) atoms. The second kappa shape index (κ2) is 6.37. The van der Waals surface area contributed by atoms with Crippen LogP contribution in [0.4, 0.5) is 9.93 Å². The van der Waals surface area contributed by atoms with Crippen molar-refractivity contribution < 1.29 is 14.3 Å². The standard InChI is InChI=1S/C15H13N5O3S2/c1-23-15(22)17-14-16-10-4-5-20(7-12(10)24-14)13(21)8-2-3-9-11(6-8)19-25-18-9/h2-3,6H,4-5,7H2,1H3,(H,16,17,22). The molecule has 0 aliphatic carbocycles. The van der Waals surface area contributed by atoms with Crippen molar-refractivity contribution in [1.29, 1.82) is 0 Å². The molecule has 2 amide bonds. The number of thiazole rings is 1. The Labute approximate surface area is 150 Å². The van der Waals surface area contributed by atoms with E-state index in [-0.39, 0.29) is 5.91 Å². The molecule has 1 aromatic carbocycles. The van der Waals surface area contributed by atoms with Crippen LogP contribution in [-0.2, 0) is 17.7 Å². The number of amides is 2. The number of ether oxygens (including phenoxy) is 1. The molecule has 1 aliphatic rings. The zero-order chi connectivity index (χ0) is 17.4. The highest BCUT2D eigenvalue weighted by Gasteiger charge is 2.25. The van der Waals surface area contributed by atoms with E-state index < -0.39 is 6.09 Å². The summed E-state index contributed by atoms with van der Waals surface area (Å²) in [5.41, 5.74) is 3.04. The Bertz CT molecular complexity index is 967. The first kappa shape index (κ1) is 15.9. The minimum Gasteiger partial charge on any atom is -0.453 e. The molecule has 3 heterocycles. The molecule has 4 rings (SSSR count). The number of rotatable bonds is 2. The number of hydrogen-bond donors (Lipinski definition) is 1. The SMILES string of the molecule is COC(=O)Nc1nc2c(s1)CN(C(=O)c1ccc3nsnc3c1)CC2. The lowest BCUT2D eigenvalue weighted by Gasteiger charge is -2.26. The number of methoxy groups -OCH3 is 1. The number of nitrogens with one attached hydrogen (secondary N) is 1. The molecule has 10 heteroatoms. The van der Waals surface area contributed by atoms with E-state index in [1.165, 1.54) is 18.4 Å². The van der Waals surface area contributed by atoms with Crippen LogP contribution in [0.5, 0.6) is 0 Å². The third-order valence-corrected chi connectivity index (χ3v) is 5.47. The predicted molar refractivity (Wildman–Crippen MR) is 94.0 cm³/mol. The molecular weight excluding hydrogens is 362 g/mol. The zero-order valence-electron chi connectivity index (χ0n) is 13.2. The second-order valence-electron chi connectivity index (χ2n) is 5.45.